The highest BCUT2D eigenvalue weighted by atomic mass is 32.2. The van der Waals surface area contributed by atoms with Crippen LogP contribution in [0.1, 0.15) is 30.6 Å². The Bertz CT molecular complexity index is 806. The lowest BCUT2D eigenvalue weighted by atomic mass is 10.2. The first kappa shape index (κ1) is 22.1. The molecule has 0 unspecified atom stereocenters. The molecule has 1 aromatic carbocycles. The fourth-order valence-corrected chi connectivity index (χ4v) is 4.28. The van der Waals surface area contributed by atoms with Gasteiger partial charge in [0, 0.05) is 25.2 Å². The van der Waals surface area contributed by atoms with Crippen molar-refractivity contribution in [3.8, 4) is 5.75 Å². The van der Waals surface area contributed by atoms with E-state index in [0.717, 1.165) is 6.42 Å². The van der Waals surface area contributed by atoms with Gasteiger partial charge in [-0.2, -0.15) is 4.31 Å². The number of sulfonamides is 1. The molecule has 1 saturated heterocycles. The van der Waals surface area contributed by atoms with Crippen molar-refractivity contribution in [1.82, 2.24) is 14.9 Å². The molecule has 0 aromatic heterocycles. The zero-order valence-corrected chi connectivity index (χ0v) is 17.2. The van der Waals surface area contributed by atoms with Crippen LogP contribution in [0.15, 0.2) is 23.1 Å². The maximum Gasteiger partial charge on any atom is 0.251 e. The average molecular weight is 413 g/mol. The molecule has 9 nitrogen and oxygen atoms in total. The third-order valence-electron chi connectivity index (χ3n) is 4.30. The molecule has 10 heteroatoms. The van der Waals surface area contributed by atoms with Gasteiger partial charge in [-0.25, -0.2) is 8.42 Å². The molecule has 0 saturated carbocycles. The molecule has 1 fully saturated rings. The van der Waals surface area contributed by atoms with Gasteiger partial charge in [0.25, 0.3) is 5.91 Å². The summed E-state index contributed by atoms with van der Waals surface area (Å²) in [6.45, 7) is 5.10. The Hall–Kier alpha value is -2.17. The van der Waals surface area contributed by atoms with Crippen molar-refractivity contribution >= 4 is 21.8 Å². The number of hydrogen-bond donors (Lipinski definition) is 2. The number of rotatable bonds is 8. The first-order chi connectivity index (χ1) is 13.3. The maximum absolute atomic E-state index is 13.0. The molecule has 1 aromatic rings. The standard InChI is InChI=1S/C18H27N3O6S/c1-4-7-19-17(22)13(2)20-18(23)14-5-6-15(26-3)16(12-14)28(24,25)21-8-10-27-11-9-21/h5-6,12-13H,4,7-11H2,1-3H3,(H,19,22)(H,20,23)/t13-/m0/s1. The van der Waals surface area contributed by atoms with E-state index in [1.807, 2.05) is 6.92 Å². The summed E-state index contributed by atoms with van der Waals surface area (Å²) in [5.41, 5.74) is 0.128. The monoisotopic (exact) mass is 413 g/mol. The topological polar surface area (TPSA) is 114 Å². The number of ether oxygens (including phenoxy) is 2. The van der Waals surface area contributed by atoms with E-state index in [1.165, 1.54) is 29.6 Å². The second kappa shape index (κ2) is 9.85. The van der Waals surface area contributed by atoms with Gasteiger partial charge in [-0.05, 0) is 31.5 Å². The first-order valence-corrected chi connectivity index (χ1v) is 10.6. The number of carbonyl (C=O) groups is 2. The van der Waals surface area contributed by atoms with Gasteiger partial charge in [0.15, 0.2) is 0 Å². The van der Waals surface area contributed by atoms with Crippen LogP contribution >= 0.6 is 0 Å². The van der Waals surface area contributed by atoms with Gasteiger partial charge in [-0.15, -0.1) is 0 Å². The molecule has 2 rings (SSSR count). The smallest absolute Gasteiger partial charge is 0.251 e. The fourth-order valence-electron chi connectivity index (χ4n) is 2.69. The van der Waals surface area contributed by atoms with Crippen molar-refractivity contribution in [2.45, 2.75) is 31.2 Å². The summed E-state index contributed by atoms with van der Waals surface area (Å²) >= 11 is 0. The maximum atomic E-state index is 13.0. The zero-order chi connectivity index (χ0) is 20.7. The number of methoxy groups -OCH3 is 1. The van der Waals surface area contributed by atoms with Crippen LogP contribution in [0.3, 0.4) is 0 Å². The highest BCUT2D eigenvalue weighted by molar-refractivity contribution is 7.89. The minimum atomic E-state index is -3.85. The van der Waals surface area contributed by atoms with Gasteiger partial charge < -0.3 is 20.1 Å². The van der Waals surface area contributed by atoms with Crippen molar-refractivity contribution in [3.05, 3.63) is 23.8 Å². The van der Waals surface area contributed by atoms with Crippen LogP contribution in [0.25, 0.3) is 0 Å². The molecule has 2 N–H and O–H groups in total. The van der Waals surface area contributed by atoms with Gasteiger partial charge in [-0.3, -0.25) is 9.59 Å². The second-order valence-corrected chi connectivity index (χ2v) is 8.27. The van der Waals surface area contributed by atoms with E-state index in [4.69, 9.17) is 9.47 Å². The zero-order valence-electron chi connectivity index (χ0n) is 16.4. The minimum Gasteiger partial charge on any atom is -0.495 e. The Morgan fingerprint density at radius 2 is 1.96 bits per heavy atom. The van der Waals surface area contributed by atoms with E-state index in [0.29, 0.717) is 19.8 Å². The van der Waals surface area contributed by atoms with E-state index in [2.05, 4.69) is 10.6 Å². The Balaban J connectivity index is 2.24. The van der Waals surface area contributed by atoms with Crippen LogP contribution in [0.5, 0.6) is 5.75 Å². The van der Waals surface area contributed by atoms with Crippen LogP contribution in [0, 0.1) is 0 Å². The molecule has 2 amide bonds. The number of nitrogens with one attached hydrogen (secondary N) is 2. The molecule has 0 radical (unpaired) electrons. The highest BCUT2D eigenvalue weighted by Gasteiger charge is 2.30. The molecule has 1 heterocycles. The predicted molar refractivity (Wildman–Crippen MR) is 103 cm³/mol. The van der Waals surface area contributed by atoms with Gasteiger partial charge in [0.05, 0.1) is 20.3 Å². The van der Waals surface area contributed by atoms with Crippen LogP contribution in [0.2, 0.25) is 0 Å². The van der Waals surface area contributed by atoms with Crippen LogP contribution in [-0.2, 0) is 19.6 Å². The second-order valence-electron chi connectivity index (χ2n) is 6.37. The Labute approximate surface area is 165 Å². The lowest BCUT2D eigenvalue weighted by Crippen LogP contribution is -2.45. The number of benzene rings is 1. The van der Waals surface area contributed by atoms with Crippen molar-refractivity contribution in [1.29, 1.82) is 0 Å². The lowest BCUT2D eigenvalue weighted by molar-refractivity contribution is -0.122. The van der Waals surface area contributed by atoms with E-state index in [-0.39, 0.29) is 35.2 Å². The normalized spacial score (nSPS) is 16.2. The molecule has 28 heavy (non-hydrogen) atoms. The number of hydrogen-bond acceptors (Lipinski definition) is 6. The van der Waals surface area contributed by atoms with Crippen molar-refractivity contribution in [3.63, 3.8) is 0 Å². The summed E-state index contributed by atoms with van der Waals surface area (Å²) in [6.07, 6.45) is 0.785. The SMILES string of the molecule is CCCNC(=O)[C@H](C)NC(=O)c1ccc(OC)c(S(=O)(=O)N2CCOCC2)c1. The van der Waals surface area contributed by atoms with Crippen molar-refractivity contribution in [2.75, 3.05) is 40.0 Å². The van der Waals surface area contributed by atoms with Crippen molar-refractivity contribution in [2.24, 2.45) is 0 Å². The third-order valence-corrected chi connectivity index (χ3v) is 6.22. The molecule has 1 atom stereocenters. The summed E-state index contributed by atoms with van der Waals surface area (Å²) in [5, 5.41) is 5.28. The number of morpholine rings is 1. The lowest BCUT2D eigenvalue weighted by Gasteiger charge is -2.26. The van der Waals surface area contributed by atoms with E-state index in [1.54, 1.807) is 6.92 Å². The van der Waals surface area contributed by atoms with Crippen LogP contribution in [-0.4, -0.2) is 70.5 Å². The molecule has 156 valence electrons. The molecule has 1 aliphatic heterocycles. The summed E-state index contributed by atoms with van der Waals surface area (Å²) in [7, 11) is -2.48. The first-order valence-electron chi connectivity index (χ1n) is 9.15. The Kier molecular flexibility index (Phi) is 7.78. The largest absolute Gasteiger partial charge is 0.495 e. The summed E-state index contributed by atoms with van der Waals surface area (Å²) < 4.78 is 37.7. The van der Waals surface area contributed by atoms with Gasteiger partial charge in [0.1, 0.15) is 16.7 Å². The molecular formula is C18H27N3O6S. The summed E-state index contributed by atoms with van der Waals surface area (Å²) in [5.74, 6) is -0.693. The predicted octanol–water partition coefficient (Wildman–Crippen LogP) is 0.361. The molecule has 1 aliphatic rings. The number of carbonyl (C=O) groups excluding carboxylic acids is 2. The third kappa shape index (κ3) is 5.21. The highest BCUT2D eigenvalue weighted by Crippen LogP contribution is 2.28. The van der Waals surface area contributed by atoms with Crippen LogP contribution in [0.4, 0.5) is 0 Å². The average Bonchev–Trinajstić information content (AvgIpc) is 2.71. The Morgan fingerprint density at radius 1 is 1.29 bits per heavy atom. The molecule has 0 bridgehead atoms. The van der Waals surface area contributed by atoms with E-state index < -0.39 is 22.0 Å². The minimum absolute atomic E-state index is 0.0902. The van der Waals surface area contributed by atoms with Crippen molar-refractivity contribution < 1.29 is 27.5 Å². The van der Waals surface area contributed by atoms with E-state index >= 15 is 0 Å². The molecular weight excluding hydrogens is 386 g/mol. The molecule has 0 aliphatic carbocycles. The molecule has 0 spiro atoms. The summed E-state index contributed by atoms with van der Waals surface area (Å²) in [6, 6.07) is 3.42. The quantitative estimate of drug-likeness (QED) is 0.636. The van der Waals surface area contributed by atoms with Gasteiger partial charge in [-0.1, -0.05) is 6.92 Å². The number of amides is 2. The van der Waals surface area contributed by atoms with Gasteiger partial charge >= 0.3 is 0 Å². The fraction of sp³-hybridized carbons (Fsp3) is 0.556. The van der Waals surface area contributed by atoms with Gasteiger partial charge in [0.2, 0.25) is 15.9 Å². The van der Waals surface area contributed by atoms with Crippen LogP contribution < -0.4 is 15.4 Å². The Morgan fingerprint density at radius 3 is 2.57 bits per heavy atom. The van der Waals surface area contributed by atoms with E-state index in [9.17, 15) is 18.0 Å². The number of nitrogens with zero attached hydrogens (tertiary/aromatic N) is 1. The summed E-state index contributed by atoms with van der Waals surface area (Å²) in [4.78, 5) is 24.4.